The first kappa shape index (κ1) is 11.3. The molecule has 1 aliphatic rings. The average Bonchev–Trinajstić information content (AvgIpc) is 2.49. The molecule has 0 fully saturated rings. The lowest BCUT2D eigenvalue weighted by molar-refractivity contribution is 0.462. The highest BCUT2D eigenvalue weighted by Gasteiger charge is 2.29. The van der Waals surface area contributed by atoms with E-state index in [0.717, 1.165) is 17.5 Å². The van der Waals surface area contributed by atoms with E-state index in [1.165, 1.54) is 11.1 Å². The van der Waals surface area contributed by atoms with E-state index in [-0.39, 0.29) is 0 Å². The molecule has 1 heteroatoms. The molecule has 0 aliphatic heterocycles. The third-order valence-electron chi connectivity index (χ3n) is 3.50. The van der Waals surface area contributed by atoms with Gasteiger partial charge in [0.25, 0.3) is 0 Å². The molecular weight excluding hydrogens is 196 g/mol. The molecule has 86 valence electrons. The normalized spacial score (nSPS) is 23.0. The Morgan fingerprint density at radius 3 is 2.69 bits per heavy atom. The van der Waals surface area contributed by atoms with E-state index in [1.807, 2.05) is 13.0 Å². The van der Waals surface area contributed by atoms with Crippen LogP contribution in [0.4, 0.5) is 0 Å². The molecule has 1 nitrogen and oxygen atoms in total. The molecule has 2 atom stereocenters. The van der Waals surface area contributed by atoms with Crippen LogP contribution in [0, 0.1) is 6.92 Å². The smallest absolute Gasteiger partial charge is 0.122 e. The summed E-state index contributed by atoms with van der Waals surface area (Å²) in [6, 6.07) is 4.20. The molecule has 16 heavy (non-hydrogen) atoms. The standard InChI is InChI=1S/C15H20O/c1-9(2)7-12-8-11(4)13-6-5-10(3)15(16)14(12)13/h5-7,11-12,16H,8H2,1-4H3/t11-,12-/m1/s1. The van der Waals surface area contributed by atoms with Gasteiger partial charge in [0.1, 0.15) is 5.75 Å². The summed E-state index contributed by atoms with van der Waals surface area (Å²) >= 11 is 0. The van der Waals surface area contributed by atoms with E-state index in [4.69, 9.17) is 0 Å². The van der Waals surface area contributed by atoms with E-state index in [2.05, 4.69) is 32.9 Å². The van der Waals surface area contributed by atoms with Crippen LogP contribution in [0.2, 0.25) is 0 Å². The summed E-state index contributed by atoms with van der Waals surface area (Å²) < 4.78 is 0. The van der Waals surface area contributed by atoms with Crippen molar-refractivity contribution in [3.63, 3.8) is 0 Å². The number of aromatic hydroxyl groups is 1. The number of benzene rings is 1. The Kier molecular flexibility index (Phi) is 2.79. The summed E-state index contributed by atoms with van der Waals surface area (Å²) in [5, 5.41) is 10.2. The zero-order valence-electron chi connectivity index (χ0n) is 10.5. The predicted molar refractivity (Wildman–Crippen MR) is 68.0 cm³/mol. The second-order valence-corrected chi connectivity index (χ2v) is 5.22. The van der Waals surface area contributed by atoms with Gasteiger partial charge >= 0.3 is 0 Å². The van der Waals surface area contributed by atoms with E-state index in [1.54, 1.807) is 0 Å². The Morgan fingerprint density at radius 2 is 2.06 bits per heavy atom. The van der Waals surface area contributed by atoms with Crippen LogP contribution in [0.15, 0.2) is 23.8 Å². The van der Waals surface area contributed by atoms with Crippen molar-refractivity contribution in [1.29, 1.82) is 0 Å². The predicted octanol–water partition coefficient (Wildman–Crippen LogP) is 4.26. The van der Waals surface area contributed by atoms with Gasteiger partial charge in [0.15, 0.2) is 0 Å². The SMILES string of the molecule is CC(C)=C[C@@H]1C[C@@H](C)c2ccc(C)c(O)c21. The fraction of sp³-hybridized carbons (Fsp3) is 0.467. The van der Waals surface area contributed by atoms with Crippen LogP contribution >= 0.6 is 0 Å². The van der Waals surface area contributed by atoms with Crippen LogP contribution in [-0.2, 0) is 0 Å². The Bertz CT molecular complexity index is 439. The van der Waals surface area contributed by atoms with Gasteiger partial charge in [-0.1, -0.05) is 30.7 Å². The van der Waals surface area contributed by atoms with E-state index in [9.17, 15) is 5.11 Å². The second kappa shape index (κ2) is 3.97. The number of fused-ring (bicyclic) bond motifs is 1. The van der Waals surface area contributed by atoms with Crippen molar-refractivity contribution < 1.29 is 5.11 Å². The highest BCUT2D eigenvalue weighted by atomic mass is 16.3. The van der Waals surface area contributed by atoms with Crippen LogP contribution in [0.3, 0.4) is 0 Å². The maximum Gasteiger partial charge on any atom is 0.122 e. The average molecular weight is 216 g/mol. The maximum absolute atomic E-state index is 10.2. The lowest BCUT2D eigenvalue weighted by Gasteiger charge is -2.11. The van der Waals surface area contributed by atoms with Gasteiger partial charge in [-0.15, -0.1) is 0 Å². The number of phenolic OH excluding ortho intramolecular Hbond substituents is 1. The molecule has 1 N–H and O–H groups in total. The summed E-state index contributed by atoms with van der Waals surface area (Å²) in [5.41, 5.74) is 4.80. The van der Waals surface area contributed by atoms with E-state index in [0.29, 0.717) is 17.6 Å². The molecule has 1 aromatic carbocycles. The first-order valence-corrected chi connectivity index (χ1v) is 5.98. The fourth-order valence-corrected chi connectivity index (χ4v) is 2.73. The molecule has 0 saturated carbocycles. The van der Waals surface area contributed by atoms with E-state index >= 15 is 0 Å². The van der Waals surface area contributed by atoms with Gasteiger partial charge in [-0.3, -0.25) is 0 Å². The van der Waals surface area contributed by atoms with Crippen molar-refractivity contribution >= 4 is 0 Å². The molecule has 1 aliphatic carbocycles. The molecule has 2 rings (SSSR count). The van der Waals surface area contributed by atoms with Crippen LogP contribution in [0.1, 0.15) is 55.7 Å². The summed E-state index contributed by atoms with van der Waals surface area (Å²) in [5.74, 6) is 1.46. The topological polar surface area (TPSA) is 20.2 Å². The van der Waals surface area contributed by atoms with Crippen molar-refractivity contribution in [3.8, 4) is 5.75 Å². The number of hydrogen-bond donors (Lipinski definition) is 1. The first-order chi connectivity index (χ1) is 7.50. The molecule has 0 bridgehead atoms. The Hall–Kier alpha value is -1.24. The summed E-state index contributed by atoms with van der Waals surface area (Å²) in [7, 11) is 0. The van der Waals surface area contributed by atoms with E-state index < -0.39 is 0 Å². The van der Waals surface area contributed by atoms with Crippen molar-refractivity contribution in [2.24, 2.45) is 0 Å². The Balaban J connectivity index is 2.55. The molecule has 0 unspecified atom stereocenters. The lowest BCUT2D eigenvalue weighted by Crippen LogP contribution is -1.92. The number of phenols is 1. The monoisotopic (exact) mass is 216 g/mol. The number of rotatable bonds is 1. The number of allylic oxidation sites excluding steroid dienone is 2. The van der Waals surface area contributed by atoms with Gasteiger partial charge < -0.3 is 5.11 Å². The largest absolute Gasteiger partial charge is 0.507 e. The molecular formula is C15H20O. The fourth-order valence-electron chi connectivity index (χ4n) is 2.73. The van der Waals surface area contributed by atoms with Crippen LogP contribution in [0.5, 0.6) is 5.75 Å². The van der Waals surface area contributed by atoms with Crippen LogP contribution in [-0.4, -0.2) is 5.11 Å². The third-order valence-corrected chi connectivity index (χ3v) is 3.50. The lowest BCUT2D eigenvalue weighted by atomic mass is 9.96. The van der Waals surface area contributed by atoms with Crippen molar-refractivity contribution in [2.75, 3.05) is 0 Å². The first-order valence-electron chi connectivity index (χ1n) is 5.98. The second-order valence-electron chi connectivity index (χ2n) is 5.22. The van der Waals surface area contributed by atoms with Gasteiger partial charge in [0.05, 0.1) is 0 Å². The molecule has 0 radical (unpaired) electrons. The highest BCUT2D eigenvalue weighted by molar-refractivity contribution is 5.52. The van der Waals surface area contributed by atoms with Gasteiger partial charge in [0.2, 0.25) is 0 Å². The van der Waals surface area contributed by atoms with Crippen LogP contribution < -0.4 is 0 Å². The summed E-state index contributed by atoms with van der Waals surface area (Å²) in [6.45, 7) is 8.45. The van der Waals surface area contributed by atoms with Crippen molar-refractivity contribution in [2.45, 2.75) is 46.0 Å². The summed E-state index contributed by atoms with van der Waals surface area (Å²) in [4.78, 5) is 0. The quantitative estimate of drug-likeness (QED) is 0.695. The van der Waals surface area contributed by atoms with Crippen LogP contribution in [0.25, 0.3) is 0 Å². The Morgan fingerprint density at radius 1 is 1.38 bits per heavy atom. The van der Waals surface area contributed by atoms with Gasteiger partial charge in [-0.05, 0) is 44.2 Å². The zero-order chi connectivity index (χ0) is 11.9. The minimum Gasteiger partial charge on any atom is -0.507 e. The zero-order valence-corrected chi connectivity index (χ0v) is 10.5. The third kappa shape index (κ3) is 1.75. The minimum atomic E-state index is 0.398. The molecule has 0 spiro atoms. The summed E-state index contributed by atoms with van der Waals surface area (Å²) in [6.07, 6.45) is 3.40. The van der Waals surface area contributed by atoms with Gasteiger partial charge in [-0.2, -0.15) is 0 Å². The molecule has 0 aromatic heterocycles. The minimum absolute atomic E-state index is 0.398. The van der Waals surface area contributed by atoms with Gasteiger partial charge in [0, 0.05) is 11.5 Å². The molecule has 0 amide bonds. The molecule has 0 saturated heterocycles. The molecule has 0 heterocycles. The number of hydrogen-bond acceptors (Lipinski definition) is 1. The van der Waals surface area contributed by atoms with Crippen molar-refractivity contribution in [1.82, 2.24) is 0 Å². The van der Waals surface area contributed by atoms with Gasteiger partial charge in [-0.25, -0.2) is 0 Å². The molecule has 1 aromatic rings. The highest BCUT2D eigenvalue weighted by Crippen LogP contribution is 2.47. The Labute approximate surface area is 97.8 Å². The van der Waals surface area contributed by atoms with Crippen molar-refractivity contribution in [3.05, 3.63) is 40.5 Å². The number of aryl methyl sites for hydroxylation is 1. The maximum atomic E-state index is 10.2.